The van der Waals surface area contributed by atoms with Crippen LogP contribution in [0.4, 0.5) is 5.82 Å². The number of hydrogen-bond acceptors (Lipinski definition) is 2. The van der Waals surface area contributed by atoms with Crippen LogP contribution in [0.3, 0.4) is 0 Å². The van der Waals surface area contributed by atoms with Crippen LogP contribution >= 0.6 is 0 Å². The molecule has 142 valence electrons. The molecule has 4 heteroatoms. The number of aromatic nitrogens is 2. The molecule has 3 rings (SSSR count). The van der Waals surface area contributed by atoms with Crippen LogP contribution in [-0.2, 0) is 4.79 Å². The van der Waals surface area contributed by atoms with E-state index in [4.69, 9.17) is 4.98 Å². The van der Waals surface area contributed by atoms with Crippen molar-refractivity contribution in [3.8, 4) is 11.3 Å². The van der Waals surface area contributed by atoms with Crippen molar-refractivity contribution in [1.82, 2.24) is 9.38 Å². The van der Waals surface area contributed by atoms with Crippen molar-refractivity contribution < 1.29 is 4.79 Å². The fraction of sp³-hybridized carbons (Fsp3) is 0.391. The minimum Gasteiger partial charge on any atom is -0.310 e. The third-order valence-corrected chi connectivity index (χ3v) is 4.61. The fourth-order valence-electron chi connectivity index (χ4n) is 3.65. The summed E-state index contributed by atoms with van der Waals surface area (Å²) in [6.45, 7) is 10.8. The van der Waals surface area contributed by atoms with Crippen LogP contribution in [0.2, 0.25) is 0 Å². The second-order valence-electron chi connectivity index (χ2n) is 8.73. The molecule has 0 aliphatic rings. The third kappa shape index (κ3) is 4.76. The normalized spacial score (nSPS) is 12.9. The van der Waals surface area contributed by atoms with Crippen molar-refractivity contribution >= 4 is 17.4 Å². The van der Waals surface area contributed by atoms with Gasteiger partial charge in [0.15, 0.2) is 0 Å². The van der Waals surface area contributed by atoms with E-state index in [1.165, 1.54) is 5.56 Å². The standard InChI is InChI=1S/C23H29N3O/c1-16-9-11-18(12-10-16)21-22(26-13-7-6-8-19(26)24-21)25-20(27)14-17(2)15-23(3,4)5/h6-13,17H,14-15H2,1-5H3,(H,25,27). The van der Waals surface area contributed by atoms with Crippen LogP contribution in [0.1, 0.15) is 46.1 Å². The molecule has 2 heterocycles. The van der Waals surface area contributed by atoms with Gasteiger partial charge in [0.1, 0.15) is 17.2 Å². The molecule has 1 aromatic carbocycles. The van der Waals surface area contributed by atoms with Gasteiger partial charge in [0.25, 0.3) is 0 Å². The molecule has 1 unspecified atom stereocenters. The summed E-state index contributed by atoms with van der Waals surface area (Å²) in [6, 6.07) is 14.1. The Morgan fingerprint density at radius 1 is 1.15 bits per heavy atom. The summed E-state index contributed by atoms with van der Waals surface area (Å²) in [5.41, 5.74) is 4.05. The highest BCUT2D eigenvalue weighted by molar-refractivity contribution is 5.94. The fourth-order valence-corrected chi connectivity index (χ4v) is 3.65. The number of anilines is 1. The van der Waals surface area contributed by atoms with Crippen LogP contribution in [0, 0.1) is 18.3 Å². The molecule has 27 heavy (non-hydrogen) atoms. The van der Waals surface area contributed by atoms with Gasteiger partial charge >= 0.3 is 0 Å². The number of carbonyl (C=O) groups excluding carboxylic acids is 1. The van der Waals surface area contributed by atoms with Crippen LogP contribution in [0.5, 0.6) is 0 Å². The van der Waals surface area contributed by atoms with Crippen molar-refractivity contribution in [2.45, 2.75) is 47.5 Å². The number of amides is 1. The number of fused-ring (bicyclic) bond motifs is 1. The maximum Gasteiger partial charge on any atom is 0.225 e. The zero-order valence-corrected chi connectivity index (χ0v) is 16.9. The summed E-state index contributed by atoms with van der Waals surface area (Å²) in [5.74, 6) is 1.10. The lowest BCUT2D eigenvalue weighted by molar-refractivity contribution is -0.117. The zero-order chi connectivity index (χ0) is 19.6. The van der Waals surface area contributed by atoms with Gasteiger partial charge in [-0.3, -0.25) is 9.20 Å². The number of nitrogens with one attached hydrogen (secondary N) is 1. The Hall–Kier alpha value is -2.62. The average molecular weight is 364 g/mol. The molecule has 0 fully saturated rings. The smallest absolute Gasteiger partial charge is 0.225 e. The number of rotatable bonds is 5. The molecule has 0 spiro atoms. The summed E-state index contributed by atoms with van der Waals surface area (Å²) in [7, 11) is 0. The number of nitrogens with zero attached hydrogens (tertiary/aromatic N) is 2. The van der Waals surface area contributed by atoms with Gasteiger partial charge in [0, 0.05) is 18.2 Å². The van der Waals surface area contributed by atoms with E-state index in [1.807, 2.05) is 28.8 Å². The van der Waals surface area contributed by atoms with E-state index in [0.717, 1.165) is 29.1 Å². The third-order valence-electron chi connectivity index (χ3n) is 4.61. The van der Waals surface area contributed by atoms with E-state index >= 15 is 0 Å². The van der Waals surface area contributed by atoms with Gasteiger partial charge in [-0.15, -0.1) is 0 Å². The second kappa shape index (κ2) is 7.55. The van der Waals surface area contributed by atoms with E-state index in [-0.39, 0.29) is 11.3 Å². The SMILES string of the molecule is Cc1ccc(-c2nc3ccccn3c2NC(=O)CC(C)CC(C)(C)C)cc1. The predicted octanol–water partition coefficient (Wildman–Crippen LogP) is 5.71. The first-order chi connectivity index (χ1) is 12.7. The first-order valence-electron chi connectivity index (χ1n) is 9.57. The van der Waals surface area contributed by atoms with Crippen molar-refractivity contribution in [3.63, 3.8) is 0 Å². The van der Waals surface area contributed by atoms with Crippen molar-refractivity contribution in [1.29, 1.82) is 0 Å². The lowest BCUT2D eigenvalue weighted by Crippen LogP contribution is -2.19. The minimum absolute atomic E-state index is 0.0331. The Balaban J connectivity index is 1.89. The molecule has 3 aromatic rings. The first-order valence-corrected chi connectivity index (χ1v) is 9.57. The summed E-state index contributed by atoms with van der Waals surface area (Å²) in [4.78, 5) is 17.5. The van der Waals surface area contributed by atoms with Gasteiger partial charge in [-0.1, -0.05) is 63.6 Å². The van der Waals surface area contributed by atoms with Gasteiger partial charge in [0.05, 0.1) is 0 Å². The number of imidazole rings is 1. The molecule has 1 amide bonds. The van der Waals surface area contributed by atoms with E-state index in [1.54, 1.807) is 0 Å². The van der Waals surface area contributed by atoms with E-state index < -0.39 is 0 Å². The van der Waals surface area contributed by atoms with Crippen LogP contribution in [0.15, 0.2) is 48.7 Å². The molecule has 2 aromatic heterocycles. The van der Waals surface area contributed by atoms with Gasteiger partial charge in [-0.2, -0.15) is 0 Å². The van der Waals surface area contributed by atoms with Crippen LogP contribution in [-0.4, -0.2) is 15.3 Å². The van der Waals surface area contributed by atoms with E-state index in [9.17, 15) is 4.79 Å². The van der Waals surface area contributed by atoms with Gasteiger partial charge in [0.2, 0.25) is 5.91 Å². The lowest BCUT2D eigenvalue weighted by atomic mass is 9.84. The van der Waals surface area contributed by atoms with Crippen molar-refractivity contribution in [2.75, 3.05) is 5.32 Å². The lowest BCUT2D eigenvalue weighted by Gasteiger charge is -2.22. The molecule has 4 nitrogen and oxygen atoms in total. The average Bonchev–Trinajstić information content (AvgIpc) is 2.92. The molecule has 0 saturated carbocycles. The molecule has 0 saturated heterocycles. The molecule has 0 aliphatic carbocycles. The molecule has 0 bridgehead atoms. The Morgan fingerprint density at radius 3 is 2.52 bits per heavy atom. The number of pyridine rings is 1. The molecule has 1 N–H and O–H groups in total. The van der Waals surface area contributed by atoms with Crippen molar-refractivity contribution in [2.24, 2.45) is 11.3 Å². The largest absolute Gasteiger partial charge is 0.310 e. The Morgan fingerprint density at radius 2 is 1.85 bits per heavy atom. The van der Waals surface area contributed by atoms with Crippen molar-refractivity contribution in [3.05, 3.63) is 54.2 Å². The molecular formula is C23H29N3O. The summed E-state index contributed by atoms with van der Waals surface area (Å²) in [5, 5.41) is 3.12. The highest BCUT2D eigenvalue weighted by Gasteiger charge is 2.20. The number of hydrogen-bond donors (Lipinski definition) is 1. The monoisotopic (exact) mass is 363 g/mol. The Bertz CT molecular complexity index is 932. The van der Waals surface area contributed by atoms with Gasteiger partial charge < -0.3 is 5.32 Å². The summed E-state index contributed by atoms with van der Waals surface area (Å²) >= 11 is 0. The predicted molar refractivity (Wildman–Crippen MR) is 112 cm³/mol. The summed E-state index contributed by atoms with van der Waals surface area (Å²) < 4.78 is 1.95. The van der Waals surface area contributed by atoms with Gasteiger partial charge in [-0.05, 0) is 36.8 Å². The van der Waals surface area contributed by atoms with E-state index in [2.05, 4.69) is 64.2 Å². The summed E-state index contributed by atoms with van der Waals surface area (Å²) in [6.07, 6.45) is 3.46. The second-order valence-corrected chi connectivity index (χ2v) is 8.73. The molecule has 0 aliphatic heterocycles. The maximum atomic E-state index is 12.7. The molecule has 1 atom stereocenters. The number of benzene rings is 1. The molecular weight excluding hydrogens is 334 g/mol. The van der Waals surface area contributed by atoms with Crippen LogP contribution < -0.4 is 5.32 Å². The highest BCUT2D eigenvalue weighted by atomic mass is 16.1. The minimum atomic E-state index is 0.0331. The Labute approximate surface area is 161 Å². The van der Waals surface area contributed by atoms with E-state index in [0.29, 0.717) is 12.3 Å². The van der Waals surface area contributed by atoms with Crippen LogP contribution in [0.25, 0.3) is 16.9 Å². The zero-order valence-electron chi connectivity index (χ0n) is 16.9. The number of carbonyl (C=O) groups is 1. The maximum absolute atomic E-state index is 12.7. The highest BCUT2D eigenvalue weighted by Crippen LogP contribution is 2.30. The quantitative estimate of drug-likeness (QED) is 0.631. The van der Waals surface area contributed by atoms with Gasteiger partial charge in [-0.25, -0.2) is 4.98 Å². The number of aryl methyl sites for hydroxylation is 1. The Kier molecular flexibility index (Phi) is 5.36. The molecule has 0 radical (unpaired) electrons. The first kappa shape index (κ1) is 19.2. The topological polar surface area (TPSA) is 46.4 Å².